The van der Waals surface area contributed by atoms with E-state index in [1.54, 1.807) is 4.90 Å². The minimum atomic E-state index is -1.08. The number of carbonyl (C=O) groups excluding carboxylic acids is 2. The molecule has 1 aromatic heterocycles. The number of nitrogens with one attached hydrogen (secondary N) is 1. The van der Waals surface area contributed by atoms with Crippen LogP contribution in [0.15, 0.2) is 12.1 Å². The minimum absolute atomic E-state index is 0.00463. The van der Waals surface area contributed by atoms with Crippen LogP contribution in [0.25, 0.3) is 0 Å². The molecule has 9 nitrogen and oxygen atoms in total. The van der Waals surface area contributed by atoms with E-state index in [2.05, 4.69) is 15.5 Å². The van der Waals surface area contributed by atoms with Crippen LogP contribution in [0.3, 0.4) is 0 Å². The van der Waals surface area contributed by atoms with Gasteiger partial charge in [0.1, 0.15) is 6.04 Å². The molecule has 2 heterocycles. The third kappa shape index (κ3) is 2.82. The van der Waals surface area contributed by atoms with Crippen LogP contribution in [0.2, 0.25) is 0 Å². The molecular weight excluding hydrogens is 266 g/mol. The fraction of sp³-hybridized carbons (Fsp3) is 0.364. The van der Waals surface area contributed by atoms with E-state index in [4.69, 9.17) is 10.8 Å². The van der Waals surface area contributed by atoms with Gasteiger partial charge in [-0.05, 0) is 12.1 Å². The van der Waals surface area contributed by atoms with Gasteiger partial charge in [-0.1, -0.05) is 0 Å². The van der Waals surface area contributed by atoms with E-state index in [0.717, 1.165) is 0 Å². The standard InChI is InChI=1S/C11H13N5O4/c12-10(19)6-1-2-8(15-14-6)16-4-3-13-11(20)7(16)5-9(17)18/h1-2,7H,3-5H2,(H2,12,19)(H,13,20)(H,17,18). The molecule has 1 aliphatic rings. The molecular formula is C11H13N5O4. The lowest BCUT2D eigenvalue weighted by molar-refractivity contribution is -0.139. The number of hydrogen-bond acceptors (Lipinski definition) is 6. The van der Waals surface area contributed by atoms with Crippen molar-refractivity contribution in [2.24, 2.45) is 5.73 Å². The molecule has 0 saturated carbocycles. The number of nitrogens with two attached hydrogens (primary N) is 1. The SMILES string of the molecule is NC(=O)c1ccc(N2CCNC(=O)C2CC(=O)O)nn1. The molecule has 20 heavy (non-hydrogen) atoms. The molecule has 1 aliphatic heterocycles. The van der Waals surface area contributed by atoms with Crippen molar-refractivity contribution in [3.63, 3.8) is 0 Å². The number of carboxylic acid groups (broad SMARTS) is 1. The van der Waals surface area contributed by atoms with Crippen molar-refractivity contribution >= 4 is 23.6 Å². The topological polar surface area (TPSA) is 139 Å². The number of nitrogens with zero attached hydrogens (tertiary/aromatic N) is 3. The van der Waals surface area contributed by atoms with Gasteiger partial charge in [0.05, 0.1) is 6.42 Å². The van der Waals surface area contributed by atoms with Crippen LogP contribution in [-0.4, -0.2) is 52.2 Å². The molecule has 9 heteroatoms. The van der Waals surface area contributed by atoms with Crippen molar-refractivity contribution < 1.29 is 19.5 Å². The number of amides is 2. The maximum atomic E-state index is 11.8. The van der Waals surface area contributed by atoms with Gasteiger partial charge in [-0.25, -0.2) is 0 Å². The molecule has 0 radical (unpaired) electrons. The highest BCUT2D eigenvalue weighted by atomic mass is 16.4. The summed E-state index contributed by atoms with van der Waals surface area (Å²) in [4.78, 5) is 35.0. The monoisotopic (exact) mass is 279 g/mol. The van der Waals surface area contributed by atoms with E-state index in [9.17, 15) is 14.4 Å². The van der Waals surface area contributed by atoms with Gasteiger partial charge in [-0.2, -0.15) is 0 Å². The average molecular weight is 279 g/mol. The minimum Gasteiger partial charge on any atom is -0.481 e. The lowest BCUT2D eigenvalue weighted by Crippen LogP contribution is -2.56. The summed E-state index contributed by atoms with van der Waals surface area (Å²) in [6.45, 7) is 0.794. The van der Waals surface area contributed by atoms with Gasteiger partial charge in [0.2, 0.25) is 5.91 Å². The van der Waals surface area contributed by atoms with Crippen molar-refractivity contribution in [3.8, 4) is 0 Å². The molecule has 0 spiro atoms. The second kappa shape index (κ2) is 5.51. The van der Waals surface area contributed by atoms with E-state index >= 15 is 0 Å². The zero-order chi connectivity index (χ0) is 14.7. The first-order valence-corrected chi connectivity index (χ1v) is 5.88. The first-order valence-electron chi connectivity index (χ1n) is 5.88. The van der Waals surface area contributed by atoms with Gasteiger partial charge < -0.3 is 21.1 Å². The maximum absolute atomic E-state index is 11.8. The molecule has 2 amide bonds. The number of anilines is 1. The molecule has 106 valence electrons. The van der Waals surface area contributed by atoms with Gasteiger partial charge >= 0.3 is 5.97 Å². The van der Waals surface area contributed by atoms with Crippen LogP contribution in [0.1, 0.15) is 16.9 Å². The summed E-state index contributed by atoms with van der Waals surface area (Å²) in [6, 6.07) is 2.02. The summed E-state index contributed by atoms with van der Waals surface area (Å²) in [5, 5.41) is 18.9. The number of aromatic nitrogens is 2. The number of piperazine rings is 1. The summed E-state index contributed by atoms with van der Waals surface area (Å²) in [5.41, 5.74) is 5.07. The zero-order valence-corrected chi connectivity index (χ0v) is 10.4. The third-order valence-corrected chi connectivity index (χ3v) is 2.90. The maximum Gasteiger partial charge on any atom is 0.305 e. The number of rotatable bonds is 4. The van der Waals surface area contributed by atoms with E-state index < -0.39 is 17.9 Å². The third-order valence-electron chi connectivity index (χ3n) is 2.90. The van der Waals surface area contributed by atoms with Gasteiger partial charge in [0, 0.05) is 13.1 Å². The Morgan fingerprint density at radius 3 is 2.75 bits per heavy atom. The molecule has 0 bridgehead atoms. The Bertz CT molecular complexity index is 544. The number of hydrogen-bond donors (Lipinski definition) is 3. The van der Waals surface area contributed by atoms with E-state index in [0.29, 0.717) is 18.9 Å². The Morgan fingerprint density at radius 2 is 2.20 bits per heavy atom. The molecule has 1 saturated heterocycles. The summed E-state index contributed by atoms with van der Waals surface area (Å²) in [7, 11) is 0. The second-order valence-corrected chi connectivity index (χ2v) is 4.24. The Balaban J connectivity index is 2.25. The highest BCUT2D eigenvalue weighted by Gasteiger charge is 2.32. The van der Waals surface area contributed by atoms with Crippen LogP contribution in [-0.2, 0) is 9.59 Å². The molecule has 1 unspecified atom stereocenters. The zero-order valence-electron chi connectivity index (χ0n) is 10.4. The van der Waals surface area contributed by atoms with Crippen molar-refractivity contribution in [2.45, 2.75) is 12.5 Å². The lowest BCUT2D eigenvalue weighted by Gasteiger charge is -2.34. The average Bonchev–Trinajstić information content (AvgIpc) is 2.41. The van der Waals surface area contributed by atoms with Gasteiger partial charge in [-0.15, -0.1) is 10.2 Å². The Hall–Kier alpha value is -2.71. The van der Waals surface area contributed by atoms with Gasteiger partial charge in [-0.3, -0.25) is 14.4 Å². The predicted octanol–water partition coefficient (Wildman–Crippen LogP) is -1.64. The van der Waals surface area contributed by atoms with Crippen LogP contribution in [0.5, 0.6) is 0 Å². The smallest absolute Gasteiger partial charge is 0.305 e. The van der Waals surface area contributed by atoms with E-state index in [1.165, 1.54) is 12.1 Å². The van der Waals surface area contributed by atoms with E-state index in [1.807, 2.05) is 0 Å². The number of primary amides is 1. The number of aliphatic carboxylic acids is 1. The molecule has 4 N–H and O–H groups in total. The van der Waals surface area contributed by atoms with Crippen molar-refractivity contribution in [1.82, 2.24) is 15.5 Å². The highest BCUT2D eigenvalue weighted by Crippen LogP contribution is 2.17. The Labute approximate surface area is 113 Å². The van der Waals surface area contributed by atoms with Crippen molar-refractivity contribution in [3.05, 3.63) is 17.8 Å². The summed E-state index contributed by atoms with van der Waals surface area (Å²) < 4.78 is 0. The molecule has 1 atom stereocenters. The first kappa shape index (κ1) is 13.7. The van der Waals surface area contributed by atoms with Crippen LogP contribution >= 0.6 is 0 Å². The van der Waals surface area contributed by atoms with Crippen LogP contribution < -0.4 is 16.0 Å². The largest absolute Gasteiger partial charge is 0.481 e. The Kier molecular flexibility index (Phi) is 3.78. The lowest BCUT2D eigenvalue weighted by atomic mass is 10.1. The summed E-state index contributed by atoms with van der Waals surface area (Å²) in [6.07, 6.45) is -0.342. The van der Waals surface area contributed by atoms with E-state index in [-0.39, 0.29) is 18.0 Å². The van der Waals surface area contributed by atoms with Crippen molar-refractivity contribution in [1.29, 1.82) is 0 Å². The first-order chi connectivity index (χ1) is 9.49. The molecule has 0 aromatic carbocycles. The quantitative estimate of drug-likeness (QED) is 0.600. The molecule has 1 aromatic rings. The normalized spacial score (nSPS) is 18.5. The van der Waals surface area contributed by atoms with Gasteiger partial charge in [0.25, 0.3) is 5.91 Å². The van der Waals surface area contributed by atoms with Gasteiger partial charge in [0.15, 0.2) is 11.5 Å². The highest BCUT2D eigenvalue weighted by molar-refractivity contribution is 5.91. The number of carbonyl (C=O) groups is 3. The van der Waals surface area contributed by atoms with Crippen LogP contribution in [0, 0.1) is 0 Å². The Morgan fingerprint density at radius 1 is 1.45 bits per heavy atom. The predicted molar refractivity (Wildman–Crippen MR) is 66.9 cm³/mol. The number of carboxylic acids is 1. The molecule has 0 aliphatic carbocycles. The second-order valence-electron chi connectivity index (χ2n) is 4.24. The fourth-order valence-electron chi connectivity index (χ4n) is 1.97. The molecule has 1 fully saturated rings. The van der Waals surface area contributed by atoms with Crippen LogP contribution in [0.4, 0.5) is 5.82 Å². The van der Waals surface area contributed by atoms with Crippen molar-refractivity contribution in [2.75, 3.05) is 18.0 Å². The fourth-order valence-corrected chi connectivity index (χ4v) is 1.97. The molecule has 2 rings (SSSR count). The summed E-state index contributed by atoms with van der Waals surface area (Å²) >= 11 is 0. The summed E-state index contributed by atoms with van der Waals surface area (Å²) in [5.74, 6) is -1.84.